The number of thiol groups is 1. The number of rotatable bonds is 2. The number of amides is 1. The molecule has 1 aromatic carbocycles. The van der Waals surface area contributed by atoms with E-state index in [0.29, 0.717) is 5.56 Å². The van der Waals surface area contributed by atoms with E-state index in [9.17, 15) is 4.79 Å². The molecule has 1 unspecified atom stereocenters. The van der Waals surface area contributed by atoms with Crippen LogP contribution in [0.2, 0.25) is 0 Å². The van der Waals surface area contributed by atoms with Crippen LogP contribution in [0.5, 0.6) is 0 Å². The van der Waals surface area contributed by atoms with Crippen molar-refractivity contribution in [3.63, 3.8) is 0 Å². The third kappa shape index (κ3) is 2.55. The molecule has 1 aliphatic rings. The normalized spacial score (nSPS) is 17.8. The van der Waals surface area contributed by atoms with E-state index >= 15 is 0 Å². The third-order valence-electron chi connectivity index (χ3n) is 3.51. The van der Waals surface area contributed by atoms with Crippen LogP contribution >= 0.6 is 24.0 Å². The zero-order valence-electron chi connectivity index (χ0n) is 10.4. The van der Waals surface area contributed by atoms with Crippen LogP contribution in [0.15, 0.2) is 40.6 Å². The van der Waals surface area contributed by atoms with E-state index in [2.05, 4.69) is 29.4 Å². The Morgan fingerprint density at radius 2 is 2.16 bits per heavy atom. The zero-order chi connectivity index (χ0) is 13.2. The first-order valence-corrected chi connectivity index (χ1v) is 7.73. The molecule has 1 amide bonds. The van der Waals surface area contributed by atoms with E-state index in [1.54, 1.807) is 11.3 Å². The van der Waals surface area contributed by atoms with Crippen molar-refractivity contribution in [1.29, 1.82) is 0 Å². The highest BCUT2D eigenvalue weighted by Crippen LogP contribution is 2.33. The predicted octanol–water partition coefficient (Wildman–Crippen LogP) is 3.84. The Labute approximate surface area is 122 Å². The lowest BCUT2D eigenvalue weighted by Crippen LogP contribution is -2.30. The molecule has 2 aromatic rings. The van der Waals surface area contributed by atoms with Crippen LogP contribution in [0.1, 0.15) is 39.7 Å². The van der Waals surface area contributed by atoms with Crippen molar-refractivity contribution < 1.29 is 4.79 Å². The summed E-state index contributed by atoms with van der Waals surface area (Å²) >= 11 is 6.13. The summed E-state index contributed by atoms with van der Waals surface area (Å²) in [4.78, 5) is 14.4. The van der Waals surface area contributed by atoms with Crippen LogP contribution < -0.4 is 5.32 Å². The molecule has 3 rings (SSSR count). The van der Waals surface area contributed by atoms with Crippen molar-refractivity contribution in [3.8, 4) is 0 Å². The highest BCUT2D eigenvalue weighted by atomic mass is 32.1. The number of carbonyl (C=O) groups is 1. The molecule has 19 heavy (non-hydrogen) atoms. The van der Waals surface area contributed by atoms with Crippen molar-refractivity contribution in [1.82, 2.24) is 5.32 Å². The van der Waals surface area contributed by atoms with Gasteiger partial charge in [-0.3, -0.25) is 4.79 Å². The van der Waals surface area contributed by atoms with E-state index < -0.39 is 0 Å². The highest BCUT2D eigenvalue weighted by molar-refractivity contribution is 7.80. The lowest BCUT2D eigenvalue weighted by atomic mass is 9.94. The molecule has 98 valence electrons. The summed E-state index contributed by atoms with van der Waals surface area (Å²) in [6.07, 6.45) is 3.30. The van der Waals surface area contributed by atoms with Crippen molar-refractivity contribution in [3.05, 3.63) is 51.7 Å². The molecule has 0 saturated heterocycles. The molecule has 1 aliphatic carbocycles. The second-order valence-electron chi connectivity index (χ2n) is 4.73. The standard InChI is InChI=1S/C15H15NOS2/c17-15(11-4-1-2-6-13(11)18)16-12-5-3-7-14-10(12)8-9-19-14/h1-2,4,6,8-9,12,18H,3,5,7H2,(H,16,17). The lowest BCUT2D eigenvalue weighted by molar-refractivity contribution is 0.0930. The lowest BCUT2D eigenvalue weighted by Gasteiger charge is -2.24. The van der Waals surface area contributed by atoms with Gasteiger partial charge in [-0.15, -0.1) is 24.0 Å². The van der Waals surface area contributed by atoms with Crippen LogP contribution in [0, 0.1) is 0 Å². The summed E-state index contributed by atoms with van der Waals surface area (Å²) < 4.78 is 0. The number of carbonyl (C=O) groups excluding carboxylic acids is 1. The molecular weight excluding hydrogens is 274 g/mol. The molecule has 0 aliphatic heterocycles. The van der Waals surface area contributed by atoms with Gasteiger partial charge in [0.15, 0.2) is 0 Å². The van der Waals surface area contributed by atoms with E-state index in [4.69, 9.17) is 0 Å². The maximum atomic E-state index is 12.3. The Kier molecular flexibility index (Phi) is 3.62. The minimum absolute atomic E-state index is 0.0327. The quantitative estimate of drug-likeness (QED) is 0.808. The van der Waals surface area contributed by atoms with Crippen LogP contribution in [-0.4, -0.2) is 5.91 Å². The highest BCUT2D eigenvalue weighted by Gasteiger charge is 2.23. The molecule has 0 radical (unpaired) electrons. The van der Waals surface area contributed by atoms with Gasteiger partial charge in [-0.2, -0.15) is 0 Å². The van der Waals surface area contributed by atoms with E-state index in [1.807, 2.05) is 24.3 Å². The molecule has 1 N–H and O–H groups in total. The summed E-state index contributed by atoms with van der Waals surface area (Å²) in [6, 6.07) is 9.69. The van der Waals surface area contributed by atoms with Gasteiger partial charge in [0.05, 0.1) is 11.6 Å². The van der Waals surface area contributed by atoms with Crippen molar-refractivity contribution in [2.24, 2.45) is 0 Å². The van der Waals surface area contributed by atoms with Gasteiger partial charge in [-0.1, -0.05) is 12.1 Å². The first-order chi connectivity index (χ1) is 9.25. The van der Waals surface area contributed by atoms with E-state index in [1.165, 1.54) is 10.4 Å². The topological polar surface area (TPSA) is 29.1 Å². The Morgan fingerprint density at radius 3 is 3.00 bits per heavy atom. The van der Waals surface area contributed by atoms with Crippen LogP contribution in [-0.2, 0) is 6.42 Å². The van der Waals surface area contributed by atoms with Gasteiger partial charge in [0.2, 0.25) is 0 Å². The monoisotopic (exact) mass is 289 g/mol. The SMILES string of the molecule is O=C(NC1CCCc2sccc21)c1ccccc1S. The van der Waals surface area contributed by atoms with Gasteiger partial charge in [0.25, 0.3) is 5.91 Å². The summed E-state index contributed by atoms with van der Waals surface area (Å²) in [6.45, 7) is 0. The molecule has 2 nitrogen and oxygen atoms in total. The fraction of sp³-hybridized carbons (Fsp3) is 0.267. The third-order valence-corrected chi connectivity index (χ3v) is 4.89. The van der Waals surface area contributed by atoms with Gasteiger partial charge in [0.1, 0.15) is 0 Å². The van der Waals surface area contributed by atoms with E-state index in [0.717, 1.165) is 24.2 Å². The summed E-state index contributed by atoms with van der Waals surface area (Å²) in [5.74, 6) is -0.0327. The average Bonchev–Trinajstić information content (AvgIpc) is 2.88. The zero-order valence-corrected chi connectivity index (χ0v) is 12.1. The fourth-order valence-corrected chi connectivity index (χ4v) is 3.79. The Hall–Kier alpha value is -1.26. The number of hydrogen-bond acceptors (Lipinski definition) is 3. The minimum Gasteiger partial charge on any atom is -0.345 e. The van der Waals surface area contributed by atoms with Crippen molar-refractivity contribution in [2.75, 3.05) is 0 Å². The van der Waals surface area contributed by atoms with Gasteiger partial charge in [0, 0.05) is 9.77 Å². The van der Waals surface area contributed by atoms with Crippen LogP contribution in [0.25, 0.3) is 0 Å². The summed E-state index contributed by atoms with van der Waals surface area (Å²) in [5, 5.41) is 5.25. The smallest absolute Gasteiger partial charge is 0.252 e. The molecule has 1 atom stereocenters. The Balaban J connectivity index is 1.80. The second kappa shape index (κ2) is 5.39. The number of hydrogen-bond donors (Lipinski definition) is 2. The Bertz CT molecular complexity index is 606. The maximum Gasteiger partial charge on any atom is 0.252 e. The maximum absolute atomic E-state index is 12.3. The van der Waals surface area contributed by atoms with Gasteiger partial charge in [-0.25, -0.2) is 0 Å². The van der Waals surface area contributed by atoms with E-state index in [-0.39, 0.29) is 11.9 Å². The molecular formula is C15H15NOS2. The minimum atomic E-state index is -0.0327. The van der Waals surface area contributed by atoms with Crippen molar-refractivity contribution >= 4 is 29.9 Å². The molecule has 0 spiro atoms. The predicted molar refractivity (Wildman–Crippen MR) is 81.2 cm³/mol. The number of nitrogens with one attached hydrogen (secondary N) is 1. The number of thiophene rings is 1. The fourth-order valence-electron chi connectivity index (χ4n) is 2.54. The van der Waals surface area contributed by atoms with Gasteiger partial charge < -0.3 is 5.32 Å². The molecule has 1 aromatic heterocycles. The second-order valence-corrected chi connectivity index (χ2v) is 6.22. The molecule has 4 heteroatoms. The largest absolute Gasteiger partial charge is 0.345 e. The summed E-state index contributed by atoms with van der Waals surface area (Å²) in [7, 11) is 0. The van der Waals surface area contributed by atoms with Gasteiger partial charge in [-0.05, 0) is 48.4 Å². The van der Waals surface area contributed by atoms with Crippen LogP contribution in [0.4, 0.5) is 0 Å². The van der Waals surface area contributed by atoms with Gasteiger partial charge >= 0.3 is 0 Å². The molecule has 0 fully saturated rings. The average molecular weight is 289 g/mol. The molecule has 0 bridgehead atoms. The summed E-state index contributed by atoms with van der Waals surface area (Å²) in [5.41, 5.74) is 1.94. The number of benzene rings is 1. The van der Waals surface area contributed by atoms with Crippen molar-refractivity contribution in [2.45, 2.75) is 30.2 Å². The molecule has 0 saturated carbocycles. The first kappa shape index (κ1) is 12.8. The first-order valence-electron chi connectivity index (χ1n) is 6.41. The Morgan fingerprint density at radius 1 is 1.32 bits per heavy atom. The molecule has 1 heterocycles. The number of fused-ring (bicyclic) bond motifs is 1. The van der Waals surface area contributed by atoms with Crippen LogP contribution in [0.3, 0.4) is 0 Å². The number of aryl methyl sites for hydroxylation is 1.